The molecule has 0 radical (unpaired) electrons. The fourth-order valence-corrected chi connectivity index (χ4v) is 1.15. The second-order valence-electron chi connectivity index (χ2n) is 2.69. The molecule has 0 aliphatic rings. The monoisotopic (exact) mass is 195 g/mol. The van der Waals surface area contributed by atoms with Gasteiger partial charge in [-0.25, -0.2) is 4.98 Å². The molecule has 0 unspecified atom stereocenters. The maximum absolute atomic E-state index is 5.54. The highest BCUT2D eigenvalue weighted by Gasteiger charge is 2.03. The summed E-state index contributed by atoms with van der Waals surface area (Å²) < 4.78 is 0. The van der Waals surface area contributed by atoms with Crippen molar-refractivity contribution in [2.75, 3.05) is 11.9 Å². The highest BCUT2D eigenvalue weighted by Crippen LogP contribution is 2.10. The molecule has 1 rings (SSSR count). The number of nitrogens with two attached hydrogens (primary N) is 1. The quantitative estimate of drug-likeness (QED) is 0.715. The molecular weight excluding hydrogens is 182 g/mol. The SMILES string of the molecule is CCCNc1ncccc1C(N)=S. The van der Waals surface area contributed by atoms with E-state index in [1.807, 2.05) is 12.1 Å². The molecule has 0 spiro atoms. The van der Waals surface area contributed by atoms with Crippen molar-refractivity contribution >= 4 is 23.0 Å². The van der Waals surface area contributed by atoms with E-state index >= 15 is 0 Å². The van der Waals surface area contributed by atoms with Gasteiger partial charge in [-0.15, -0.1) is 0 Å². The minimum absolute atomic E-state index is 0.381. The number of aromatic nitrogens is 1. The third kappa shape index (κ3) is 2.66. The standard InChI is InChI=1S/C9H13N3S/c1-2-5-11-9-7(8(10)13)4-3-6-12-9/h3-4,6H,2,5H2,1H3,(H2,10,13)(H,11,12). The third-order valence-corrected chi connectivity index (χ3v) is 1.84. The van der Waals surface area contributed by atoms with E-state index in [0.717, 1.165) is 24.3 Å². The van der Waals surface area contributed by atoms with E-state index in [1.54, 1.807) is 6.20 Å². The highest BCUT2D eigenvalue weighted by molar-refractivity contribution is 7.80. The van der Waals surface area contributed by atoms with Gasteiger partial charge < -0.3 is 11.1 Å². The largest absolute Gasteiger partial charge is 0.389 e. The first kappa shape index (κ1) is 9.92. The van der Waals surface area contributed by atoms with Crippen LogP contribution in [0.5, 0.6) is 0 Å². The van der Waals surface area contributed by atoms with Gasteiger partial charge in [-0.1, -0.05) is 19.1 Å². The Morgan fingerprint density at radius 1 is 1.69 bits per heavy atom. The molecule has 4 heteroatoms. The molecular formula is C9H13N3S. The Kier molecular flexibility index (Phi) is 3.64. The summed E-state index contributed by atoms with van der Waals surface area (Å²) in [4.78, 5) is 4.54. The molecule has 0 amide bonds. The van der Waals surface area contributed by atoms with Gasteiger partial charge >= 0.3 is 0 Å². The summed E-state index contributed by atoms with van der Waals surface area (Å²) in [6.45, 7) is 2.98. The van der Waals surface area contributed by atoms with Gasteiger partial charge in [0.15, 0.2) is 0 Å². The molecule has 3 nitrogen and oxygen atoms in total. The molecule has 0 saturated heterocycles. The molecule has 0 aliphatic carbocycles. The average Bonchev–Trinajstić information content (AvgIpc) is 2.15. The van der Waals surface area contributed by atoms with Crippen LogP contribution in [-0.2, 0) is 0 Å². The Morgan fingerprint density at radius 2 is 2.46 bits per heavy atom. The molecule has 1 aromatic rings. The minimum Gasteiger partial charge on any atom is -0.389 e. The summed E-state index contributed by atoms with van der Waals surface area (Å²) in [7, 11) is 0. The summed E-state index contributed by atoms with van der Waals surface area (Å²) in [5.41, 5.74) is 6.35. The van der Waals surface area contributed by atoms with Gasteiger partial charge in [0.2, 0.25) is 0 Å². The first-order chi connectivity index (χ1) is 6.25. The topological polar surface area (TPSA) is 50.9 Å². The number of rotatable bonds is 4. The van der Waals surface area contributed by atoms with E-state index in [1.165, 1.54) is 0 Å². The summed E-state index contributed by atoms with van der Waals surface area (Å²) in [6, 6.07) is 3.69. The van der Waals surface area contributed by atoms with Crippen LogP contribution in [0.4, 0.5) is 5.82 Å². The highest BCUT2D eigenvalue weighted by atomic mass is 32.1. The summed E-state index contributed by atoms with van der Waals surface area (Å²) in [6.07, 6.45) is 2.77. The van der Waals surface area contributed by atoms with Crippen molar-refractivity contribution < 1.29 is 0 Å². The van der Waals surface area contributed by atoms with Crippen molar-refractivity contribution in [1.82, 2.24) is 4.98 Å². The van der Waals surface area contributed by atoms with Gasteiger partial charge in [0.05, 0.1) is 5.56 Å². The zero-order valence-electron chi connectivity index (χ0n) is 7.58. The Bertz CT molecular complexity index is 299. The molecule has 0 saturated carbocycles. The van der Waals surface area contributed by atoms with Crippen LogP contribution in [0.15, 0.2) is 18.3 Å². The molecule has 0 aromatic carbocycles. The van der Waals surface area contributed by atoms with Crippen LogP contribution in [0.1, 0.15) is 18.9 Å². The molecule has 0 fully saturated rings. The molecule has 13 heavy (non-hydrogen) atoms. The van der Waals surface area contributed by atoms with Crippen LogP contribution < -0.4 is 11.1 Å². The molecule has 70 valence electrons. The number of nitrogens with one attached hydrogen (secondary N) is 1. The summed E-state index contributed by atoms with van der Waals surface area (Å²) in [5, 5.41) is 3.17. The number of nitrogens with zero attached hydrogens (tertiary/aromatic N) is 1. The van der Waals surface area contributed by atoms with E-state index in [9.17, 15) is 0 Å². The normalized spacial score (nSPS) is 9.62. The van der Waals surface area contributed by atoms with Crippen LogP contribution in [0.3, 0.4) is 0 Å². The molecule has 1 heterocycles. The Hall–Kier alpha value is -1.16. The summed E-state index contributed by atoms with van der Waals surface area (Å²) in [5.74, 6) is 0.775. The molecule has 0 atom stereocenters. The van der Waals surface area contributed by atoms with Crippen LogP contribution >= 0.6 is 12.2 Å². The van der Waals surface area contributed by atoms with E-state index in [2.05, 4.69) is 17.2 Å². The number of anilines is 1. The molecule has 0 bridgehead atoms. The van der Waals surface area contributed by atoms with Gasteiger partial charge in [0.25, 0.3) is 0 Å². The van der Waals surface area contributed by atoms with Crippen molar-refractivity contribution in [1.29, 1.82) is 0 Å². The zero-order valence-corrected chi connectivity index (χ0v) is 8.40. The second-order valence-corrected chi connectivity index (χ2v) is 3.13. The second kappa shape index (κ2) is 4.77. The fourth-order valence-electron chi connectivity index (χ4n) is 0.988. The summed E-state index contributed by atoms with van der Waals surface area (Å²) >= 11 is 4.90. The zero-order chi connectivity index (χ0) is 9.68. The molecule has 3 N–H and O–H groups in total. The van der Waals surface area contributed by atoms with E-state index in [4.69, 9.17) is 18.0 Å². The fraction of sp³-hybridized carbons (Fsp3) is 0.333. The van der Waals surface area contributed by atoms with Crippen LogP contribution in [0.25, 0.3) is 0 Å². The lowest BCUT2D eigenvalue weighted by Gasteiger charge is -2.07. The number of pyridine rings is 1. The average molecular weight is 195 g/mol. The molecule has 1 aromatic heterocycles. The Morgan fingerprint density at radius 3 is 3.08 bits per heavy atom. The number of hydrogen-bond acceptors (Lipinski definition) is 3. The maximum Gasteiger partial charge on any atom is 0.136 e. The number of thiocarbonyl (C=S) groups is 1. The third-order valence-electron chi connectivity index (χ3n) is 1.62. The Balaban J connectivity index is 2.84. The van der Waals surface area contributed by atoms with Gasteiger partial charge in [0.1, 0.15) is 10.8 Å². The van der Waals surface area contributed by atoms with Crippen molar-refractivity contribution in [2.45, 2.75) is 13.3 Å². The first-order valence-corrected chi connectivity index (χ1v) is 4.65. The van der Waals surface area contributed by atoms with E-state index in [-0.39, 0.29) is 0 Å². The Labute approximate surface area is 83.4 Å². The van der Waals surface area contributed by atoms with Crippen LogP contribution in [0.2, 0.25) is 0 Å². The van der Waals surface area contributed by atoms with Gasteiger partial charge in [-0.3, -0.25) is 0 Å². The van der Waals surface area contributed by atoms with Crippen molar-refractivity contribution in [3.8, 4) is 0 Å². The number of hydrogen-bond donors (Lipinski definition) is 2. The predicted molar refractivity (Wildman–Crippen MR) is 58.9 cm³/mol. The maximum atomic E-state index is 5.54. The lowest BCUT2D eigenvalue weighted by molar-refractivity contribution is 0.968. The van der Waals surface area contributed by atoms with Gasteiger partial charge in [-0.05, 0) is 18.6 Å². The van der Waals surface area contributed by atoms with Crippen molar-refractivity contribution in [3.05, 3.63) is 23.9 Å². The van der Waals surface area contributed by atoms with E-state index in [0.29, 0.717) is 4.99 Å². The predicted octanol–water partition coefficient (Wildman–Crippen LogP) is 1.54. The first-order valence-electron chi connectivity index (χ1n) is 4.24. The van der Waals surface area contributed by atoms with Crippen LogP contribution in [0, 0.1) is 0 Å². The van der Waals surface area contributed by atoms with Crippen LogP contribution in [-0.4, -0.2) is 16.5 Å². The minimum atomic E-state index is 0.381. The van der Waals surface area contributed by atoms with E-state index < -0.39 is 0 Å². The van der Waals surface area contributed by atoms with Crippen molar-refractivity contribution in [3.63, 3.8) is 0 Å². The lowest BCUT2D eigenvalue weighted by atomic mass is 10.2. The smallest absolute Gasteiger partial charge is 0.136 e. The van der Waals surface area contributed by atoms with Crippen molar-refractivity contribution in [2.24, 2.45) is 5.73 Å². The molecule has 0 aliphatic heterocycles. The van der Waals surface area contributed by atoms with Gasteiger partial charge in [-0.2, -0.15) is 0 Å². The lowest BCUT2D eigenvalue weighted by Crippen LogP contribution is -2.14. The van der Waals surface area contributed by atoms with Gasteiger partial charge in [0, 0.05) is 12.7 Å².